The van der Waals surface area contributed by atoms with Gasteiger partial charge in [0.25, 0.3) is 10.0 Å². The predicted octanol–water partition coefficient (Wildman–Crippen LogP) is 5.09. The Balaban J connectivity index is 1.34. The number of benzene rings is 2. The van der Waals surface area contributed by atoms with Gasteiger partial charge in [-0.3, -0.25) is 9.52 Å². The number of aromatic nitrogens is 2. The van der Waals surface area contributed by atoms with Crippen molar-refractivity contribution in [1.29, 1.82) is 0 Å². The number of fused-ring (bicyclic) bond motifs is 1. The maximum atomic E-state index is 12.5. The van der Waals surface area contributed by atoms with Gasteiger partial charge in [0.15, 0.2) is 10.3 Å². The molecule has 0 atom stereocenters. The smallest absolute Gasteiger partial charge is 0.263 e. The molecule has 0 saturated carbocycles. The number of aryl methyl sites for hydroxylation is 2. The van der Waals surface area contributed by atoms with Crippen molar-refractivity contribution < 1.29 is 13.2 Å². The molecule has 2 N–H and O–H groups in total. The summed E-state index contributed by atoms with van der Waals surface area (Å²) < 4.78 is 28.3. The summed E-state index contributed by atoms with van der Waals surface area (Å²) in [4.78, 5) is 21.1. The van der Waals surface area contributed by atoms with Gasteiger partial charge >= 0.3 is 0 Å². The monoisotopic (exact) mass is 492 g/mol. The first-order valence-corrected chi connectivity index (χ1v) is 12.7. The van der Waals surface area contributed by atoms with Crippen molar-refractivity contribution in [2.24, 2.45) is 0 Å². The second-order valence-electron chi connectivity index (χ2n) is 6.74. The molecule has 7 nitrogen and oxygen atoms in total. The second kappa shape index (κ2) is 8.91. The largest absolute Gasteiger partial charge is 0.302 e. The molecule has 31 heavy (non-hydrogen) atoms. The Hall–Kier alpha value is -2.53. The molecule has 0 saturated heterocycles. The normalized spacial score (nSPS) is 11.5. The fourth-order valence-corrected chi connectivity index (χ4v) is 5.89. The van der Waals surface area contributed by atoms with E-state index in [9.17, 15) is 13.2 Å². The van der Waals surface area contributed by atoms with Gasteiger partial charge in [0, 0.05) is 16.8 Å². The van der Waals surface area contributed by atoms with Gasteiger partial charge in [-0.15, -0.1) is 11.3 Å². The molecule has 4 aromatic rings. The van der Waals surface area contributed by atoms with Crippen LogP contribution in [0.2, 0.25) is 5.02 Å². The molecular weight excluding hydrogens is 476 g/mol. The minimum Gasteiger partial charge on any atom is -0.302 e. The molecule has 11 heteroatoms. The van der Waals surface area contributed by atoms with Gasteiger partial charge in [0.1, 0.15) is 0 Å². The Labute approximate surface area is 192 Å². The average molecular weight is 493 g/mol. The first-order chi connectivity index (χ1) is 14.8. The van der Waals surface area contributed by atoms with E-state index in [1.165, 1.54) is 22.7 Å². The van der Waals surface area contributed by atoms with Crippen molar-refractivity contribution >= 4 is 70.7 Å². The number of thiazole rings is 2. The third kappa shape index (κ3) is 5.40. The van der Waals surface area contributed by atoms with E-state index in [0.29, 0.717) is 22.3 Å². The number of anilines is 2. The number of carbonyl (C=O) groups excluding carboxylic acids is 1. The van der Waals surface area contributed by atoms with Gasteiger partial charge in [-0.25, -0.2) is 18.4 Å². The molecule has 4 rings (SSSR count). The summed E-state index contributed by atoms with van der Waals surface area (Å²) in [7, 11) is -3.70. The first-order valence-electron chi connectivity index (χ1n) is 9.18. The summed E-state index contributed by atoms with van der Waals surface area (Å²) in [5.74, 6) is -0.195. The maximum absolute atomic E-state index is 12.5. The number of halogens is 1. The van der Waals surface area contributed by atoms with Crippen LogP contribution in [0.5, 0.6) is 0 Å². The average Bonchev–Trinajstić information content (AvgIpc) is 3.32. The molecule has 0 spiro atoms. The highest BCUT2D eigenvalue weighted by Crippen LogP contribution is 2.28. The standard InChI is InChI=1S/C20H17ClN4O3S3/c1-12-2-6-15(7-3-12)31(27,28)25-20-22-14(11-29-20)5-9-18(26)24-19-23-16-8-4-13(21)10-17(16)30-19/h2-4,6-8,10-11H,5,9H2,1H3,(H,22,25)(H,23,24,26). The minimum absolute atomic E-state index is 0.173. The molecule has 1 amide bonds. The van der Waals surface area contributed by atoms with E-state index in [0.717, 1.165) is 15.8 Å². The first kappa shape index (κ1) is 21.7. The van der Waals surface area contributed by atoms with Crippen LogP contribution in [-0.2, 0) is 21.2 Å². The highest BCUT2D eigenvalue weighted by molar-refractivity contribution is 7.93. The molecule has 0 fully saturated rings. The summed E-state index contributed by atoms with van der Waals surface area (Å²) in [5.41, 5.74) is 2.39. The lowest BCUT2D eigenvalue weighted by molar-refractivity contribution is -0.116. The van der Waals surface area contributed by atoms with Crippen molar-refractivity contribution in [3.05, 3.63) is 64.1 Å². The molecule has 0 aliphatic heterocycles. The summed E-state index contributed by atoms with van der Waals surface area (Å²) in [6.07, 6.45) is 0.579. The van der Waals surface area contributed by atoms with E-state index in [2.05, 4.69) is 20.0 Å². The van der Waals surface area contributed by atoms with E-state index in [-0.39, 0.29) is 22.4 Å². The molecule has 160 valence electrons. The van der Waals surface area contributed by atoms with Gasteiger partial charge in [0.05, 0.1) is 20.8 Å². The van der Waals surface area contributed by atoms with Crippen LogP contribution >= 0.6 is 34.3 Å². The van der Waals surface area contributed by atoms with Crippen LogP contribution in [0.25, 0.3) is 10.2 Å². The molecule has 2 aromatic heterocycles. The minimum atomic E-state index is -3.70. The van der Waals surface area contributed by atoms with E-state index >= 15 is 0 Å². The van der Waals surface area contributed by atoms with Crippen LogP contribution in [0, 0.1) is 6.92 Å². The molecule has 2 heterocycles. The molecule has 2 aromatic carbocycles. The lowest BCUT2D eigenvalue weighted by Gasteiger charge is -2.05. The number of nitrogens with zero attached hydrogens (tertiary/aromatic N) is 2. The molecule has 0 unspecified atom stereocenters. The number of carbonyl (C=O) groups is 1. The number of hydrogen-bond donors (Lipinski definition) is 2. The van der Waals surface area contributed by atoms with Crippen LogP contribution in [0.4, 0.5) is 10.3 Å². The lowest BCUT2D eigenvalue weighted by atomic mass is 10.2. The Kier molecular flexibility index (Phi) is 6.24. The van der Waals surface area contributed by atoms with Gasteiger partial charge in [-0.2, -0.15) is 0 Å². The van der Waals surface area contributed by atoms with Gasteiger partial charge < -0.3 is 5.32 Å². The van der Waals surface area contributed by atoms with Crippen LogP contribution < -0.4 is 10.0 Å². The Morgan fingerprint density at radius 1 is 1.10 bits per heavy atom. The Morgan fingerprint density at radius 2 is 1.87 bits per heavy atom. The van der Waals surface area contributed by atoms with Crippen molar-refractivity contribution in [2.45, 2.75) is 24.7 Å². The van der Waals surface area contributed by atoms with E-state index in [4.69, 9.17) is 11.6 Å². The third-order valence-electron chi connectivity index (χ3n) is 4.31. The van der Waals surface area contributed by atoms with Crippen LogP contribution in [-0.4, -0.2) is 24.3 Å². The summed E-state index contributed by atoms with van der Waals surface area (Å²) in [5, 5.41) is 5.90. The zero-order valence-corrected chi connectivity index (χ0v) is 19.5. The van der Waals surface area contributed by atoms with Gasteiger partial charge in [0.2, 0.25) is 5.91 Å². The van der Waals surface area contributed by atoms with Crippen molar-refractivity contribution in [3.8, 4) is 0 Å². The van der Waals surface area contributed by atoms with Crippen LogP contribution in [0.1, 0.15) is 17.7 Å². The molecule has 0 aliphatic carbocycles. The highest BCUT2D eigenvalue weighted by atomic mass is 35.5. The zero-order chi connectivity index (χ0) is 22.0. The molecule has 0 bridgehead atoms. The Bertz CT molecular complexity index is 1350. The van der Waals surface area contributed by atoms with Crippen molar-refractivity contribution in [1.82, 2.24) is 9.97 Å². The lowest BCUT2D eigenvalue weighted by Crippen LogP contribution is -2.13. The zero-order valence-electron chi connectivity index (χ0n) is 16.3. The second-order valence-corrected chi connectivity index (χ2v) is 10.7. The predicted molar refractivity (Wildman–Crippen MR) is 126 cm³/mol. The topological polar surface area (TPSA) is 101 Å². The number of amides is 1. The van der Waals surface area contributed by atoms with Crippen molar-refractivity contribution in [3.63, 3.8) is 0 Å². The van der Waals surface area contributed by atoms with E-state index in [1.54, 1.807) is 47.8 Å². The highest BCUT2D eigenvalue weighted by Gasteiger charge is 2.16. The number of hydrogen-bond acceptors (Lipinski definition) is 7. The quantitative estimate of drug-likeness (QED) is 0.374. The van der Waals surface area contributed by atoms with Gasteiger partial charge in [-0.1, -0.05) is 40.6 Å². The van der Waals surface area contributed by atoms with Crippen LogP contribution in [0.3, 0.4) is 0 Å². The molecule has 0 radical (unpaired) electrons. The SMILES string of the molecule is Cc1ccc(S(=O)(=O)Nc2nc(CCC(=O)Nc3nc4ccc(Cl)cc4s3)cs2)cc1. The fraction of sp³-hybridized carbons (Fsp3) is 0.150. The summed E-state index contributed by atoms with van der Waals surface area (Å²) in [6.45, 7) is 1.89. The third-order valence-corrected chi connectivity index (χ3v) is 7.77. The van der Waals surface area contributed by atoms with E-state index in [1.807, 2.05) is 6.92 Å². The van der Waals surface area contributed by atoms with Gasteiger partial charge in [-0.05, 0) is 43.7 Å². The summed E-state index contributed by atoms with van der Waals surface area (Å²) >= 11 is 8.51. The fourth-order valence-electron chi connectivity index (χ4n) is 2.74. The maximum Gasteiger partial charge on any atom is 0.263 e. The number of nitrogens with one attached hydrogen (secondary N) is 2. The molecular formula is C20H17ClN4O3S3. The van der Waals surface area contributed by atoms with Crippen molar-refractivity contribution in [2.75, 3.05) is 10.0 Å². The van der Waals surface area contributed by atoms with E-state index < -0.39 is 10.0 Å². The Morgan fingerprint density at radius 3 is 2.65 bits per heavy atom. The number of rotatable bonds is 7. The van der Waals surface area contributed by atoms with Crippen LogP contribution in [0.15, 0.2) is 52.7 Å². The summed E-state index contributed by atoms with van der Waals surface area (Å²) in [6, 6.07) is 11.9. The molecule has 0 aliphatic rings. The number of sulfonamides is 1.